The van der Waals surface area contributed by atoms with Crippen molar-refractivity contribution in [2.75, 3.05) is 51.5 Å². The number of amidine groups is 2. The summed E-state index contributed by atoms with van der Waals surface area (Å²) in [5.74, 6) is 0.523. The summed E-state index contributed by atoms with van der Waals surface area (Å²) in [7, 11) is 1.64. The van der Waals surface area contributed by atoms with E-state index < -0.39 is 5.79 Å². The molecule has 5 heterocycles. The fourth-order valence-electron chi connectivity index (χ4n) is 4.97. The number of hydrogen-bond acceptors (Lipinski definition) is 11. The van der Waals surface area contributed by atoms with Gasteiger partial charge in [0.25, 0.3) is 0 Å². The van der Waals surface area contributed by atoms with Crippen molar-refractivity contribution < 1.29 is 14.2 Å². The average Bonchev–Trinajstić information content (AvgIpc) is 3.59. The molecular weight excluding hydrogens is 462 g/mol. The topological polar surface area (TPSA) is 146 Å². The molecule has 4 aliphatic rings. The minimum atomic E-state index is -1.39. The third kappa shape index (κ3) is 4.16. The van der Waals surface area contributed by atoms with E-state index in [0.29, 0.717) is 49.4 Å². The normalized spacial score (nSPS) is 24.4. The van der Waals surface area contributed by atoms with Crippen LogP contribution in [0.3, 0.4) is 0 Å². The highest BCUT2D eigenvalue weighted by molar-refractivity contribution is 6.30. The quantitative estimate of drug-likeness (QED) is 0.400. The van der Waals surface area contributed by atoms with E-state index in [1.54, 1.807) is 13.3 Å². The summed E-state index contributed by atoms with van der Waals surface area (Å²) in [6.45, 7) is 4.49. The molecule has 6 N–H and O–H groups in total. The van der Waals surface area contributed by atoms with E-state index >= 15 is 0 Å². The van der Waals surface area contributed by atoms with Crippen molar-refractivity contribution >= 4 is 23.1 Å². The van der Waals surface area contributed by atoms with Gasteiger partial charge < -0.3 is 24.4 Å². The van der Waals surface area contributed by atoms with Crippen molar-refractivity contribution in [1.29, 1.82) is 0 Å². The van der Waals surface area contributed by atoms with Crippen molar-refractivity contribution in [1.82, 2.24) is 26.4 Å². The molecule has 12 nitrogen and oxygen atoms in total. The summed E-state index contributed by atoms with van der Waals surface area (Å²) in [6, 6.07) is 6.21. The first kappa shape index (κ1) is 22.8. The van der Waals surface area contributed by atoms with Gasteiger partial charge in [0.05, 0.1) is 43.4 Å². The third-order valence-electron chi connectivity index (χ3n) is 6.90. The molecular formula is C24H31N9O3. The fourth-order valence-corrected chi connectivity index (χ4v) is 4.97. The maximum absolute atomic E-state index is 6.94. The summed E-state index contributed by atoms with van der Waals surface area (Å²) in [4.78, 5) is 12.1. The number of anilines is 1. The highest BCUT2D eigenvalue weighted by Crippen LogP contribution is 2.38. The van der Waals surface area contributed by atoms with Gasteiger partial charge in [-0.25, -0.2) is 9.98 Å². The SMILES string of the molecule is COc1cc(N2CCOCC2)ccc1C1(N)N=C2NNC(c3cn[nH]c3)=C2C(NC2CCOCC2)=N1. The van der Waals surface area contributed by atoms with Gasteiger partial charge in [-0.15, -0.1) is 0 Å². The maximum Gasteiger partial charge on any atom is 0.236 e. The summed E-state index contributed by atoms with van der Waals surface area (Å²) in [5, 5.41) is 10.6. The first-order valence-corrected chi connectivity index (χ1v) is 12.2. The van der Waals surface area contributed by atoms with Gasteiger partial charge in [-0.3, -0.25) is 21.7 Å². The summed E-state index contributed by atoms with van der Waals surface area (Å²) < 4.78 is 16.8. The Balaban J connectivity index is 1.41. The van der Waals surface area contributed by atoms with Gasteiger partial charge in [0.2, 0.25) is 5.79 Å². The zero-order valence-electron chi connectivity index (χ0n) is 20.2. The molecule has 2 fully saturated rings. The van der Waals surface area contributed by atoms with E-state index in [2.05, 4.69) is 31.3 Å². The van der Waals surface area contributed by atoms with Gasteiger partial charge in [-0.1, -0.05) is 0 Å². The average molecular weight is 494 g/mol. The molecule has 0 radical (unpaired) electrons. The number of aromatic amines is 1. The summed E-state index contributed by atoms with van der Waals surface area (Å²) >= 11 is 0. The van der Waals surface area contributed by atoms with Gasteiger partial charge in [0.1, 0.15) is 11.6 Å². The van der Waals surface area contributed by atoms with Crippen molar-refractivity contribution in [2.45, 2.75) is 24.7 Å². The number of hydrogen-bond donors (Lipinski definition) is 5. The first-order chi connectivity index (χ1) is 17.6. The number of rotatable bonds is 5. The van der Waals surface area contributed by atoms with Crippen LogP contribution in [0.4, 0.5) is 5.69 Å². The number of fused-ring (bicyclic) bond motifs is 1. The van der Waals surface area contributed by atoms with Gasteiger partial charge in [-0.05, 0) is 25.0 Å². The van der Waals surface area contributed by atoms with Crippen LogP contribution in [0.5, 0.6) is 5.75 Å². The molecule has 4 aliphatic heterocycles. The number of aromatic nitrogens is 2. The Morgan fingerprint density at radius 1 is 1.11 bits per heavy atom. The van der Waals surface area contributed by atoms with Gasteiger partial charge >= 0.3 is 0 Å². The molecule has 2 aromatic rings. The monoisotopic (exact) mass is 493 g/mol. The summed E-state index contributed by atoms with van der Waals surface area (Å²) in [5.41, 5.74) is 17.6. The molecule has 1 aromatic heterocycles. The Labute approximate surface area is 208 Å². The number of ether oxygens (including phenoxy) is 3. The number of aliphatic imine (C=N–C) groups is 2. The molecule has 1 atom stereocenters. The Hall–Kier alpha value is -3.61. The first-order valence-electron chi connectivity index (χ1n) is 12.2. The second-order valence-electron chi connectivity index (χ2n) is 9.15. The third-order valence-corrected chi connectivity index (χ3v) is 6.90. The minimum Gasteiger partial charge on any atom is -0.496 e. The van der Waals surface area contributed by atoms with E-state index in [4.69, 9.17) is 29.9 Å². The molecule has 2 saturated heterocycles. The number of methoxy groups -OCH3 is 1. The van der Waals surface area contributed by atoms with Gasteiger partial charge in [0, 0.05) is 55.9 Å². The molecule has 190 valence electrons. The molecule has 0 bridgehead atoms. The second kappa shape index (κ2) is 9.45. The molecule has 0 saturated carbocycles. The van der Waals surface area contributed by atoms with Gasteiger partial charge in [0.15, 0.2) is 5.84 Å². The molecule has 12 heteroatoms. The zero-order chi connectivity index (χ0) is 24.5. The lowest BCUT2D eigenvalue weighted by molar-refractivity contribution is 0.0824. The van der Waals surface area contributed by atoms with Crippen molar-refractivity contribution in [2.24, 2.45) is 15.7 Å². The Morgan fingerprint density at radius 3 is 2.67 bits per heavy atom. The van der Waals surface area contributed by atoms with Crippen LogP contribution in [0.15, 0.2) is 46.2 Å². The predicted molar refractivity (Wildman–Crippen MR) is 136 cm³/mol. The number of hydrazine groups is 1. The van der Waals surface area contributed by atoms with Crippen LogP contribution in [-0.2, 0) is 15.3 Å². The summed E-state index contributed by atoms with van der Waals surface area (Å²) in [6.07, 6.45) is 5.35. The number of benzene rings is 1. The van der Waals surface area contributed by atoms with Crippen molar-refractivity contribution in [3.05, 3.63) is 47.3 Å². The van der Waals surface area contributed by atoms with Crippen LogP contribution in [-0.4, -0.2) is 74.5 Å². The lowest BCUT2D eigenvalue weighted by Gasteiger charge is -2.33. The highest BCUT2D eigenvalue weighted by Gasteiger charge is 2.40. The molecule has 1 unspecified atom stereocenters. The molecule has 0 spiro atoms. The van der Waals surface area contributed by atoms with Crippen molar-refractivity contribution in [3.63, 3.8) is 0 Å². The number of nitrogens with one attached hydrogen (secondary N) is 4. The van der Waals surface area contributed by atoms with E-state index in [9.17, 15) is 0 Å². The molecule has 1 aromatic carbocycles. The van der Waals surface area contributed by atoms with Crippen LogP contribution >= 0.6 is 0 Å². The highest BCUT2D eigenvalue weighted by atomic mass is 16.5. The van der Waals surface area contributed by atoms with Gasteiger partial charge in [-0.2, -0.15) is 5.10 Å². The van der Waals surface area contributed by atoms with Crippen LogP contribution in [0, 0.1) is 0 Å². The second-order valence-corrected chi connectivity index (χ2v) is 9.15. The Kier molecular flexibility index (Phi) is 5.99. The largest absolute Gasteiger partial charge is 0.496 e. The van der Waals surface area contributed by atoms with Crippen molar-refractivity contribution in [3.8, 4) is 5.75 Å². The minimum absolute atomic E-state index is 0.213. The number of nitrogens with zero attached hydrogens (tertiary/aromatic N) is 4. The molecule has 0 aliphatic carbocycles. The smallest absolute Gasteiger partial charge is 0.236 e. The van der Waals surface area contributed by atoms with E-state index in [1.807, 2.05) is 24.4 Å². The Morgan fingerprint density at radius 2 is 1.92 bits per heavy atom. The lowest BCUT2D eigenvalue weighted by atomic mass is 10.0. The van der Waals surface area contributed by atoms with Crippen LogP contribution in [0.25, 0.3) is 5.70 Å². The van der Waals surface area contributed by atoms with E-state index in [1.165, 1.54) is 0 Å². The fraction of sp³-hybridized carbons (Fsp3) is 0.458. The Bertz CT molecular complexity index is 1200. The maximum atomic E-state index is 6.94. The zero-order valence-corrected chi connectivity index (χ0v) is 20.2. The molecule has 0 amide bonds. The predicted octanol–water partition coefficient (Wildman–Crippen LogP) is 0.422. The number of morpholine rings is 1. The van der Waals surface area contributed by atoms with Crippen LogP contribution in [0.2, 0.25) is 0 Å². The van der Waals surface area contributed by atoms with E-state index in [-0.39, 0.29) is 6.04 Å². The standard InChI is InChI=1S/C24H31N9O3/c1-34-19-12-17(33-6-10-36-11-7-33)2-3-18(19)24(25)29-22(28-16-4-8-35-9-5-16)20-21(15-13-26-27-14-15)31-32-23(20)30-24/h2-3,12-14,16H,4-11,25H2,1H3,(H,26,27)(H,28,29)(H2,30,31,32). The number of nitrogens with two attached hydrogens (primary N) is 1. The lowest BCUT2D eigenvalue weighted by Crippen LogP contribution is -2.48. The molecule has 36 heavy (non-hydrogen) atoms. The van der Waals surface area contributed by atoms with Crippen LogP contribution in [0.1, 0.15) is 24.0 Å². The van der Waals surface area contributed by atoms with Crippen LogP contribution < -0.4 is 31.5 Å². The van der Waals surface area contributed by atoms with E-state index in [0.717, 1.165) is 48.5 Å². The number of H-pyrrole nitrogens is 1. The molecule has 6 rings (SSSR count).